The average molecular weight is 452 g/mol. The topological polar surface area (TPSA) is 79.0 Å². The Morgan fingerprint density at radius 1 is 1.17 bits per heavy atom. The van der Waals surface area contributed by atoms with E-state index in [1.165, 1.54) is 12.1 Å². The monoisotopic (exact) mass is 451 g/mol. The molecule has 1 heterocycles. The molecule has 0 spiro atoms. The molecular formula is C21H26ClN3O4S. The Kier molecular flexibility index (Phi) is 7.36. The van der Waals surface area contributed by atoms with Crippen LogP contribution in [0.1, 0.15) is 12.5 Å². The normalized spacial score (nSPS) is 14.7. The molecule has 162 valence electrons. The van der Waals surface area contributed by atoms with Crippen molar-refractivity contribution < 1.29 is 17.9 Å². The van der Waals surface area contributed by atoms with Gasteiger partial charge in [-0.2, -0.15) is 4.31 Å². The highest BCUT2D eigenvalue weighted by Gasteiger charge is 2.27. The van der Waals surface area contributed by atoms with Crippen molar-refractivity contribution >= 4 is 38.9 Å². The molecule has 2 aromatic rings. The number of ether oxygens (including phenoxy) is 1. The third-order valence-corrected chi connectivity index (χ3v) is 7.27. The van der Waals surface area contributed by atoms with Crippen molar-refractivity contribution in [2.75, 3.05) is 49.6 Å². The fourth-order valence-electron chi connectivity index (χ4n) is 3.35. The van der Waals surface area contributed by atoms with E-state index < -0.39 is 15.9 Å². The number of carbonyl (C=O) groups is 1. The summed E-state index contributed by atoms with van der Waals surface area (Å²) in [5, 5.41) is 3.24. The van der Waals surface area contributed by atoms with Crippen LogP contribution in [0.25, 0.3) is 0 Å². The average Bonchev–Trinajstić information content (AvgIpc) is 2.72. The molecule has 1 aliphatic rings. The molecule has 0 radical (unpaired) electrons. The lowest BCUT2D eigenvalue weighted by atomic mass is 10.2. The molecule has 2 aromatic carbocycles. The van der Waals surface area contributed by atoms with Crippen molar-refractivity contribution in [1.29, 1.82) is 0 Å². The van der Waals surface area contributed by atoms with Crippen LogP contribution in [0.4, 0.5) is 11.4 Å². The van der Waals surface area contributed by atoms with Gasteiger partial charge in [0.05, 0.1) is 24.7 Å². The summed E-state index contributed by atoms with van der Waals surface area (Å²) in [5.74, 6) is -0.397. The number of hydrogen-bond acceptors (Lipinski definition) is 5. The van der Waals surface area contributed by atoms with Gasteiger partial charge in [-0.1, -0.05) is 18.5 Å². The molecule has 1 aliphatic heterocycles. The lowest BCUT2D eigenvalue weighted by molar-refractivity contribution is -0.116. The van der Waals surface area contributed by atoms with E-state index in [1.807, 2.05) is 24.3 Å². The van der Waals surface area contributed by atoms with E-state index in [0.29, 0.717) is 29.5 Å². The third kappa shape index (κ3) is 5.31. The molecule has 1 saturated heterocycles. The molecule has 0 aliphatic carbocycles. The van der Waals surface area contributed by atoms with Gasteiger partial charge in [-0.25, -0.2) is 8.42 Å². The van der Waals surface area contributed by atoms with E-state index in [9.17, 15) is 13.2 Å². The van der Waals surface area contributed by atoms with Gasteiger partial charge in [0.15, 0.2) is 0 Å². The number of hydrogen-bond donors (Lipinski definition) is 1. The number of nitrogens with one attached hydrogen (secondary N) is 1. The molecule has 0 bridgehead atoms. The molecule has 0 aromatic heterocycles. The van der Waals surface area contributed by atoms with E-state index in [2.05, 4.69) is 10.2 Å². The Morgan fingerprint density at radius 2 is 1.83 bits per heavy atom. The minimum Gasteiger partial charge on any atom is -0.378 e. The number of morpholine rings is 1. The lowest BCUT2D eigenvalue weighted by Gasteiger charge is -2.29. The van der Waals surface area contributed by atoms with E-state index in [-0.39, 0.29) is 18.0 Å². The van der Waals surface area contributed by atoms with Crippen LogP contribution in [0.15, 0.2) is 47.4 Å². The van der Waals surface area contributed by atoms with Crippen molar-refractivity contribution in [1.82, 2.24) is 4.31 Å². The van der Waals surface area contributed by atoms with Crippen LogP contribution < -0.4 is 10.2 Å². The zero-order valence-corrected chi connectivity index (χ0v) is 18.7. The number of benzene rings is 2. The molecule has 7 nitrogen and oxygen atoms in total. The molecule has 1 N–H and O–H groups in total. The molecular weight excluding hydrogens is 426 g/mol. The first-order chi connectivity index (χ1) is 14.3. The summed E-state index contributed by atoms with van der Waals surface area (Å²) in [6.07, 6.45) is 0. The quantitative estimate of drug-likeness (QED) is 0.699. The van der Waals surface area contributed by atoms with Crippen LogP contribution in [0.2, 0.25) is 5.02 Å². The van der Waals surface area contributed by atoms with Gasteiger partial charge in [0.1, 0.15) is 0 Å². The number of halogens is 1. The molecule has 0 unspecified atom stereocenters. The van der Waals surface area contributed by atoms with Crippen LogP contribution in [-0.2, 0) is 19.6 Å². The highest BCUT2D eigenvalue weighted by atomic mass is 35.5. The number of rotatable bonds is 7. The van der Waals surface area contributed by atoms with E-state index in [0.717, 1.165) is 23.1 Å². The van der Waals surface area contributed by atoms with Gasteiger partial charge in [0.25, 0.3) is 0 Å². The third-order valence-electron chi connectivity index (χ3n) is 4.95. The number of aryl methyl sites for hydroxylation is 1. The fourth-order valence-corrected chi connectivity index (χ4v) is 5.18. The Bertz CT molecular complexity index is 990. The SMILES string of the molecule is CCN(CC(=O)Nc1ccc(N2CCOCC2)cc1)S(=O)(=O)c1ccc(Cl)cc1C. The highest BCUT2D eigenvalue weighted by Crippen LogP contribution is 2.23. The van der Waals surface area contributed by atoms with Gasteiger partial charge in [-0.3, -0.25) is 4.79 Å². The second kappa shape index (κ2) is 9.78. The van der Waals surface area contributed by atoms with Crippen molar-refractivity contribution in [2.45, 2.75) is 18.7 Å². The summed E-state index contributed by atoms with van der Waals surface area (Å²) in [4.78, 5) is 14.9. The smallest absolute Gasteiger partial charge is 0.243 e. The predicted octanol–water partition coefficient (Wildman–Crippen LogP) is 3.13. The summed E-state index contributed by atoms with van der Waals surface area (Å²) >= 11 is 5.93. The Morgan fingerprint density at radius 3 is 2.43 bits per heavy atom. The Labute approximate surface area is 182 Å². The lowest BCUT2D eigenvalue weighted by Crippen LogP contribution is -2.38. The number of nitrogens with zero attached hydrogens (tertiary/aromatic N) is 2. The zero-order valence-electron chi connectivity index (χ0n) is 17.1. The van der Waals surface area contributed by atoms with Gasteiger partial charge in [-0.15, -0.1) is 0 Å². The summed E-state index contributed by atoms with van der Waals surface area (Å²) in [7, 11) is -3.81. The summed E-state index contributed by atoms with van der Waals surface area (Å²) in [6.45, 7) is 6.36. The van der Waals surface area contributed by atoms with Crippen LogP contribution >= 0.6 is 11.6 Å². The number of carbonyl (C=O) groups excluding carboxylic acids is 1. The van der Waals surface area contributed by atoms with Gasteiger partial charge in [-0.05, 0) is 55.0 Å². The van der Waals surface area contributed by atoms with Gasteiger partial charge < -0.3 is 15.0 Å². The minimum absolute atomic E-state index is 0.149. The summed E-state index contributed by atoms with van der Waals surface area (Å²) in [6, 6.07) is 12.1. The molecule has 1 amide bonds. The fraction of sp³-hybridized carbons (Fsp3) is 0.381. The largest absolute Gasteiger partial charge is 0.378 e. The van der Waals surface area contributed by atoms with Crippen LogP contribution in [0, 0.1) is 6.92 Å². The van der Waals surface area contributed by atoms with Crippen molar-refractivity contribution in [3.8, 4) is 0 Å². The predicted molar refractivity (Wildman–Crippen MR) is 119 cm³/mol. The Hall–Kier alpha value is -2.13. The maximum absolute atomic E-state index is 13.0. The van der Waals surface area contributed by atoms with E-state index in [4.69, 9.17) is 16.3 Å². The van der Waals surface area contributed by atoms with Gasteiger partial charge >= 0.3 is 0 Å². The van der Waals surface area contributed by atoms with Crippen molar-refractivity contribution in [2.24, 2.45) is 0 Å². The number of amides is 1. The number of likely N-dealkylation sites (N-methyl/N-ethyl adjacent to an activating group) is 1. The second-order valence-electron chi connectivity index (χ2n) is 7.04. The van der Waals surface area contributed by atoms with Crippen molar-refractivity contribution in [3.05, 3.63) is 53.1 Å². The molecule has 1 fully saturated rings. The van der Waals surface area contributed by atoms with E-state index in [1.54, 1.807) is 19.9 Å². The standard InChI is InChI=1S/C21H26ClN3O4S/c1-3-25(30(27,28)20-9-4-17(22)14-16(20)2)15-21(26)23-18-5-7-19(8-6-18)24-10-12-29-13-11-24/h4-9,14H,3,10-13,15H2,1-2H3,(H,23,26). The highest BCUT2D eigenvalue weighted by molar-refractivity contribution is 7.89. The Balaban J connectivity index is 1.66. The minimum atomic E-state index is -3.81. The van der Waals surface area contributed by atoms with Gasteiger partial charge in [0.2, 0.25) is 15.9 Å². The zero-order chi connectivity index (χ0) is 21.7. The molecule has 0 saturated carbocycles. The first kappa shape index (κ1) is 22.6. The molecule has 3 rings (SSSR count). The number of sulfonamides is 1. The maximum atomic E-state index is 13.0. The number of anilines is 2. The van der Waals surface area contributed by atoms with Crippen LogP contribution in [0.5, 0.6) is 0 Å². The molecule has 30 heavy (non-hydrogen) atoms. The van der Waals surface area contributed by atoms with Crippen molar-refractivity contribution in [3.63, 3.8) is 0 Å². The van der Waals surface area contributed by atoms with Gasteiger partial charge in [0, 0.05) is 36.0 Å². The maximum Gasteiger partial charge on any atom is 0.243 e. The first-order valence-corrected chi connectivity index (χ1v) is 11.6. The van der Waals surface area contributed by atoms with Crippen LogP contribution in [-0.4, -0.2) is 58.0 Å². The second-order valence-corrected chi connectivity index (χ2v) is 9.38. The first-order valence-electron chi connectivity index (χ1n) is 9.80. The molecule has 0 atom stereocenters. The summed E-state index contributed by atoms with van der Waals surface area (Å²) < 4.78 is 32.5. The molecule has 9 heteroatoms. The van der Waals surface area contributed by atoms with Crippen LogP contribution in [0.3, 0.4) is 0 Å². The van der Waals surface area contributed by atoms with E-state index >= 15 is 0 Å². The summed E-state index contributed by atoms with van der Waals surface area (Å²) in [5.41, 5.74) is 2.22.